The second-order valence-corrected chi connectivity index (χ2v) is 5.66. The Bertz CT molecular complexity index is 895. The summed E-state index contributed by atoms with van der Waals surface area (Å²) in [6, 6.07) is 9.60. The van der Waals surface area contributed by atoms with Crippen LogP contribution in [0.5, 0.6) is 0 Å². The third-order valence-electron chi connectivity index (χ3n) is 3.53. The maximum absolute atomic E-state index is 12.1. The average molecular weight is 339 g/mol. The first-order valence-corrected chi connectivity index (χ1v) is 7.64. The quantitative estimate of drug-likeness (QED) is 0.712. The Balaban J connectivity index is 1.62. The lowest BCUT2D eigenvalue weighted by molar-refractivity contribution is -0.137. The summed E-state index contributed by atoms with van der Waals surface area (Å²) in [5.41, 5.74) is 3.00. The number of rotatable bonds is 6. The minimum atomic E-state index is -1.02. The van der Waals surface area contributed by atoms with E-state index in [2.05, 4.69) is 15.5 Å². The van der Waals surface area contributed by atoms with Crippen molar-refractivity contribution in [2.75, 3.05) is 5.32 Å². The minimum Gasteiger partial charge on any atom is -0.480 e. The molecule has 0 fully saturated rings. The first-order chi connectivity index (χ1) is 12.0. The molecule has 0 radical (unpaired) electrons. The number of hydrogen-bond acceptors (Lipinski definition) is 4. The van der Waals surface area contributed by atoms with E-state index in [4.69, 9.17) is 5.11 Å². The second-order valence-electron chi connectivity index (χ2n) is 5.66. The maximum atomic E-state index is 12.1. The van der Waals surface area contributed by atoms with Crippen LogP contribution in [0.25, 0.3) is 0 Å². The molecule has 0 aliphatic carbocycles. The highest BCUT2D eigenvalue weighted by molar-refractivity contribution is 6.02. The summed E-state index contributed by atoms with van der Waals surface area (Å²) < 4.78 is 2.92. The summed E-state index contributed by atoms with van der Waals surface area (Å²) >= 11 is 0. The second kappa shape index (κ2) is 7.00. The zero-order valence-corrected chi connectivity index (χ0v) is 13.6. The first kappa shape index (κ1) is 16.4. The standard InChI is InChI=1S/C17H17N5O3/c1-12-2-4-13(5-3-12)9-22-10-14(8-18-22)19-17(25)15-6-7-21(20-15)11-16(23)24/h2-8,10H,9,11H2,1H3,(H,19,25)(H,23,24). The van der Waals surface area contributed by atoms with Crippen molar-refractivity contribution < 1.29 is 14.7 Å². The fourth-order valence-corrected chi connectivity index (χ4v) is 2.30. The third-order valence-corrected chi connectivity index (χ3v) is 3.53. The van der Waals surface area contributed by atoms with Crippen LogP contribution in [-0.4, -0.2) is 36.5 Å². The normalized spacial score (nSPS) is 10.6. The summed E-state index contributed by atoms with van der Waals surface area (Å²) in [4.78, 5) is 22.8. The Labute approximate surface area is 143 Å². The number of carbonyl (C=O) groups excluding carboxylic acids is 1. The van der Waals surface area contributed by atoms with Crippen molar-refractivity contribution in [1.29, 1.82) is 0 Å². The molecular formula is C17H17N5O3. The van der Waals surface area contributed by atoms with Crippen molar-refractivity contribution in [3.8, 4) is 0 Å². The van der Waals surface area contributed by atoms with Crippen LogP contribution >= 0.6 is 0 Å². The van der Waals surface area contributed by atoms with E-state index in [0.717, 1.165) is 5.56 Å². The number of aryl methyl sites for hydroxylation is 1. The number of nitrogens with zero attached hydrogens (tertiary/aromatic N) is 4. The van der Waals surface area contributed by atoms with Crippen LogP contribution in [-0.2, 0) is 17.9 Å². The summed E-state index contributed by atoms with van der Waals surface area (Å²) in [7, 11) is 0. The van der Waals surface area contributed by atoms with Crippen LogP contribution in [0.4, 0.5) is 5.69 Å². The number of aromatic nitrogens is 4. The number of carboxylic acids is 1. The molecule has 2 aromatic heterocycles. The van der Waals surface area contributed by atoms with Gasteiger partial charge in [0.25, 0.3) is 5.91 Å². The molecule has 2 heterocycles. The monoisotopic (exact) mass is 339 g/mol. The number of anilines is 1. The summed E-state index contributed by atoms with van der Waals surface area (Å²) in [6.45, 7) is 2.34. The van der Waals surface area contributed by atoms with Gasteiger partial charge >= 0.3 is 5.97 Å². The fraction of sp³-hybridized carbons (Fsp3) is 0.176. The van der Waals surface area contributed by atoms with E-state index < -0.39 is 11.9 Å². The molecule has 3 aromatic rings. The molecule has 1 aromatic carbocycles. The molecule has 0 saturated heterocycles. The van der Waals surface area contributed by atoms with Gasteiger partial charge in [-0.2, -0.15) is 10.2 Å². The Hall–Kier alpha value is -3.42. The molecule has 0 unspecified atom stereocenters. The van der Waals surface area contributed by atoms with Gasteiger partial charge in [0.1, 0.15) is 6.54 Å². The van der Waals surface area contributed by atoms with Gasteiger partial charge in [-0.3, -0.25) is 19.0 Å². The van der Waals surface area contributed by atoms with E-state index >= 15 is 0 Å². The van der Waals surface area contributed by atoms with Gasteiger partial charge in [0.05, 0.1) is 18.4 Å². The van der Waals surface area contributed by atoms with Gasteiger partial charge in [-0.05, 0) is 18.6 Å². The molecule has 1 amide bonds. The predicted octanol–water partition coefficient (Wildman–Crippen LogP) is 1.77. The fourth-order valence-electron chi connectivity index (χ4n) is 2.30. The molecule has 0 saturated carbocycles. The van der Waals surface area contributed by atoms with Crippen LogP contribution < -0.4 is 5.32 Å². The Morgan fingerprint density at radius 1 is 1.16 bits per heavy atom. The SMILES string of the molecule is Cc1ccc(Cn2cc(NC(=O)c3ccn(CC(=O)O)n3)cn2)cc1. The van der Waals surface area contributed by atoms with Gasteiger partial charge in [-0.15, -0.1) is 0 Å². The number of nitrogens with one attached hydrogen (secondary N) is 1. The van der Waals surface area contributed by atoms with Gasteiger partial charge in [-0.25, -0.2) is 0 Å². The average Bonchev–Trinajstić information content (AvgIpc) is 3.19. The van der Waals surface area contributed by atoms with Crippen molar-refractivity contribution in [1.82, 2.24) is 19.6 Å². The number of amides is 1. The molecule has 0 aliphatic rings. The molecule has 2 N–H and O–H groups in total. The molecular weight excluding hydrogens is 322 g/mol. The van der Waals surface area contributed by atoms with Crippen molar-refractivity contribution in [2.24, 2.45) is 0 Å². The highest BCUT2D eigenvalue weighted by Gasteiger charge is 2.12. The van der Waals surface area contributed by atoms with E-state index in [1.54, 1.807) is 17.1 Å². The molecule has 0 spiro atoms. The zero-order valence-electron chi connectivity index (χ0n) is 13.6. The van der Waals surface area contributed by atoms with Crippen LogP contribution in [0.1, 0.15) is 21.6 Å². The number of aliphatic carboxylic acids is 1. The van der Waals surface area contributed by atoms with Crippen molar-refractivity contribution >= 4 is 17.6 Å². The van der Waals surface area contributed by atoms with E-state index in [1.165, 1.54) is 22.5 Å². The summed E-state index contributed by atoms with van der Waals surface area (Å²) in [5.74, 6) is -1.44. The van der Waals surface area contributed by atoms with Crippen LogP contribution in [0.15, 0.2) is 48.9 Å². The first-order valence-electron chi connectivity index (χ1n) is 7.64. The molecule has 0 bridgehead atoms. The van der Waals surface area contributed by atoms with Crippen molar-refractivity contribution in [3.05, 3.63) is 65.7 Å². The molecule has 0 aliphatic heterocycles. The van der Waals surface area contributed by atoms with Crippen molar-refractivity contribution in [2.45, 2.75) is 20.0 Å². The number of carbonyl (C=O) groups is 2. The molecule has 8 nitrogen and oxygen atoms in total. The predicted molar refractivity (Wildman–Crippen MR) is 90.3 cm³/mol. The van der Waals surface area contributed by atoms with Gasteiger partial charge in [-0.1, -0.05) is 29.8 Å². The van der Waals surface area contributed by atoms with E-state index in [9.17, 15) is 9.59 Å². The number of hydrogen-bond donors (Lipinski definition) is 2. The van der Waals surface area contributed by atoms with Crippen LogP contribution in [0.2, 0.25) is 0 Å². The lowest BCUT2D eigenvalue weighted by Gasteiger charge is -2.02. The molecule has 0 atom stereocenters. The van der Waals surface area contributed by atoms with Crippen LogP contribution in [0.3, 0.4) is 0 Å². The number of carboxylic acid groups (broad SMARTS) is 1. The molecule has 128 valence electrons. The van der Waals surface area contributed by atoms with E-state index in [-0.39, 0.29) is 12.2 Å². The topological polar surface area (TPSA) is 102 Å². The highest BCUT2D eigenvalue weighted by atomic mass is 16.4. The smallest absolute Gasteiger partial charge is 0.325 e. The van der Waals surface area contributed by atoms with E-state index in [1.807, 2.05) is 31.2 Å². The molecule has 3 rings (SSSR count). The Kier molecular flexibility index (Phi) is 4.60. The van der Waals surface area contributed by atoms with Crippen LogP contribution in [0, 0.1) is 6.92 Å². The largest absolute Gasteiger partial charge is 0.480 e. The van der Waals surface area contributed by atoms with Gasteiger partial charge in [0.2, 0.25) is 0 Å². The lowest BCUT2D eigenvalue weighted by Crippen LogP contribution is -2.14. The zero-order chi connectivity index (χ0) is 17.8. The molecule has 25 heavy (non-hydrogen) atoms. The third kappa shape index (κ3) is 4.31. The Morgan fingerprint density at radius 3 is 2.64 bits per heavy atom. The summed E-state index contributed by atoms with van der Waals surface area (Å²) in [5, 5.41) is 19.6. The molecule has 8 heteroatoms. The maximum Gasteiger partial charge on any atom is 0.325 e. The highest BCUT2D eigenvalue weighted by Crippen LogP contribution is 2.10. The van der Waals surface area contributed by atoms with E-state index in [0.29, 0.717) is 12.2 Å². The van der Waals surface area contributed by atoms with Gasteiger partial charge in [0, 0.05) is 12.4 Å². The van der Waals surface area contributed by atoms with Gasteiger partial charge in [0.15, 0.2) is 5.69 Å². The lowest BCUT2D eigenvalue weighted by atomic mass is 10.1. The van der Waals surface area contributed by atoms with Gasteiger partial charge < -0.3 is 10.4 Å². The minimum absolute atomic E-state index is 0.146. The number of benzene rings is 1. The Morgan fingerprint density at radius 2 is 1.92 bits per heavy atom. The van der Waals surface area contributed by atoms with Crippen molar-refractivity contribution in [3.63, 3.8) is 0 Å². The summed E-state index contributed by atoms with van der Waals surface area (Å²) in [6.07, 6.45) is 4.73.